The fourth-order valence-electron chi connectivity index (χ4n) is 2.48. The number of aryl methyl sites for hydroxylation is 1. The van der Waals surface area contributed by atoms with Gasteiger partial charge >= 0.3 is 0 Å². The lowest BCUT2D eigenvalue weighted by Gasteiger charge is -2.38. The predicted octanol–water partition coefficient (Wildman–Crippen LogP) is -0.440. The zero-order valence-electron chi connectivity index (χ0n) is 12.4. The third kappa shape index (κ3) is 2.99. The average Bonchev–Trinajstić information content (AvgIpc) is 3.03. The van der Waals surface area contributed by atoms with Crippen LogP contribution in [0, 0.1) is 6.92 Å². The van der Waals surface area contributed by atoms with E-state index in [1.807, 2.05) is 31.2 Å². The Balaban J connectivity index is 1.85. The van der Waals surface area contributed by atoms with Gasteiger partial charge in [0, 0.05) is 5.56 Å². The summed E-state index contributed by atoms with van der Waals surface area (Å²) in [5.74, 6) is 0.287. The van der Waals surface area contributed by atoms with Crippen LogP contribution >= 0.6 is 0 Å². The molecule has 0 aliphatic carbocycles. The van der Waals surface area contributed by atoms with Crippen LogP contribution in [0.4, 0.5) is 0 Å². The van der Waals surface area contributed by atoms with E-state index in [4.69, 9.17) is 9.26 Å². The van der Waals surface area contributed by atoms with Crippen molar-refractivity contribution in [2.24, 2.45) is 0 Å². The first-order valence-electron chi connectivity index (χ1n) is 7.22. The fraction of sp³-hybridized carbons (Fsp3) is 0.467. The van der Waals surface area contributed by atoms with Crippen molar-refractivity contribution < 1.29 is 29.7 Å². The zero-order chi connectivity index (χ0) is 16.6. The van der Waals surface area contributed by atoms with Crippen molar-refractivity contribution in [3.63, 3.8) is 0 Å². The molecule has 0 spiro atoms. The third-order valence-corrected chi connectivity index (χ3v) is 3.89. The SMILES string of the molecule is Cc1ccc(-c2nc([C@@H]3O[C@H](CO)[C@@H](O)[C@H](O)[C@H]3O)no2)cc1. The Morgan fingerprint density at radius 2 is 1.74 bits per heavy atom. The molecule has 1 aliphatic heterocycles. The second-order valence-corrected chi connectivity index (χ2v) is 5.57. The van der Waals surface area contributed by atoms with Crippen molar-refractivity contribution in [1.82, 2.24) is 10.1 Å². The molecule has 23 heavy (non-hydrogen) atoms. The van der Waals surface area contributed by atoms with Crippen molar-refractivity contribution in [3.8, 4) is 11.5 Å². The van der Waals surface area contributed by atoms with Crippen molar-refractivity contribution >= 4 is 0 Å². The lowest BCUT2D eigenvalue weighted by molar-refractivity contribution is -0.233. The molecule has 3 rings (SSSR count). The van der Waals surface area contributed by atoms with Crippen LogP contribution in [0.3, 0.4) is 0 Å². The van der Waals surface area contributed by atoms with Crippen LogP contribution in [0.5, 0.6) is 0 Å². The standard InChI is InChI=1S/C15H18N2O6/c1-7-2-4-8(5-3-7)15-16-14(17-23-15)13-12(21)11(20)10(19)9(6-18)22-13/h2-5,9-13,18-21H,6H2,1H3/t9-,10-,11+,12-,13-/m1/s1. The van der Waals surface area contributed by atoms with Crippen LogP contribution < -0.4 is 0 Å². The largest absolute Gasteiger partial charge is 0.394 e. The van der Waals surface area contributed by atoms with Crippen LogP contribution in [0.25, 0.3) is 11.5 Å². The van der Waals surface area contributed by atoms with Crippen LogP contribution in [0.1, 0.15) is 17.5 Å². The number of nitrogens with zero attached hydrogens (tertiary/aromatic N) is 2. The van der Waals surface area contributed by atoms with Gasteiger partial charge < -0.3 is 29.7 Å². The average molecular weight is 322 g/mol. The summed E-state index contributed by atoms with van der Waals surface area (Å²) in [6.45, 7) is 1.45. The summed E-state index contributed by atoms with van der Waals surface area (Å²) < 4.78 is 10.6. The van der Waals surface area contributed by atoms with E-state index in [9.17, 15) is 20.4 Å². The summed E-state index contributed by atoms with van der Waals surface area (Å²) in [7, 11) is 0. The lowest BCUT2D eigenvalue weighted by Crippen LogP contribution is -2.55. The molecular weight excluding hydrogens is 304 g/mol. The summed E-state index contributed by atoms with van der Waals surface area (Å²) in [4.78, 5) is 4.18. The number of hydrogen-bond acceptors (Lipinski definition) is 8. The molecule has 4 N–H and O–H groups in total. The summed E-state index contributed by atoms with van der Waals surface area (Å²) in [6.07, 6.45) is -6.45. The number of ether oxygens (including phenoxy) is 1. The number of aliphatic hydroxyl groups is 4. The molecule has 5 atom stereocenters. The van der Waals surface area contributed by atoms with E-state index in [2.05, 4.69) is 10.1 Å². The highest BCUT2D eigenvalue weighted by Gasteiger charge is 2.45. The Bertz CT molecular complexity index is 656. The number of rotatable bonds is 3. The highest BCUT2D eigenvalue weighted by atomic mass is 16.5. The highest BCUT2D eigenvalue weighted by molar-refractivity contribution is 5.53. The minimum absolute atomic E-state index is 0.0393. The monoisotopic (exact) mass is 322 g/mol. The molecule has 2 aromatic rings. The van der Waals surface area contributed by atoms with Gasteiger partial charge in [-0.15, -0.1) is 0 Å². The summed E-state index contributed by atoms with van der Waals surface area (Å²) in [6, 6.07) is 7.43. The number of hydrogen-bond donors (Lipinski definition) is 4. The second-order valence-electron chi connectivity index (χ2n) is 5.57. The van der Waals surface area contributed by atoms with E-state index in [1.54, 1.807) is 0 Å². The van der Waals surface area contributed by atoms with E-state index < -0.39 is 37.1 Å². The second kappa shape index (κ2) is 6.34. The third-order valence-electron chi connectivity index (χ3n) is 3.89. The molecule has 1 aromatic heterocycles. The molecule has 0 amide bonds. The van der Waals surface area contributed by atoms with Crippen molar-refractivity contribution in [3.05, 3.63) is 35.7 Å². The molecule has 0 saturated carbocycles. The quantitative estimate of drug-likeness (QED) is 0.598. The van der Waals surface area contributed by atoms with Gasteiger partial charge in [-0.25, -0.2) is 0 Å². The molecule has 8 nitrogen and oxygen atoms in total. The molecule has 124 valence electrons. The van der Waals surface area contributed by atoms with Crippen LogP contribution in [-0.2, 0) is 4.74 Å². The van der Waals surface area contributed by atoms with Gasteiger partial charge in [0.05, 0.1) is 6.61 Å². The minimum Gasteiger partial charge on any atom is -0.394 e. The topological polar surface area (TPSA) is 129 Å². The van der Waals surface area contributed by atoms with Gasteiger partial charge in [-0.3, -0.25) is 0 Å². The van der Waals surface area contributed by atoms with Gasteiger partial charge in [0.1, 0.15) is 30.5 Å². The Kier molecular flexibility index (Phi) is 4.42. The van der Waals surface area contributed by atoms with Crippen molar-refractivity contribution in [2.75, 3.05) is 6.61 Å². The molecule has 1 fully saturated rings. The number of aromatic nitrogens is 2. The van der Waals surface area contributed by atoms with Gasteiger partial charge in [0.15, 0.2) is 0 Å². The first-order chi connectivity index (χ1) is 11.0. The Morgan fingerprint density at radius 3 is 2.39 bits per heavy atom. The molecule has 1 saturated heterocycles. The Labute approximate surface area is 132 Å². The van der Waals surface area contributed by atoms with Crippen LogP contribution in [0.2, 0.25) is 0 Å². The predicted molar refractivity (Wildman–Crippen MR) is 77.2 cm³/mol. The maximum Gasteiger partial charge on any atom is 0.258 e. The van der Waals surface area contributed by atoms with E-state index in [1.165, 1.54) is 0 Å². The van der Waals surface area contributed by atoms with Crippen molar-refractivity contribution in [1.29, 1.82) is 0 Å². The Morgan fingerprint density at radius 1 is 1.04 bits per heavy atom. The van der Waals surface area contributed by atoms with Gasteiger partial charge in [-0.05, 0) is 19.1 Å². The number of aliphatic hydroxyl groups excluding tert-OH is 4. The zero-order valence-corrected chi connectivity index (χ0v) is 12.4. The van der Waals surface area contributed by atoms with Gasteiger partial charge in [-0.1, -0.05) is 22.9 Å². The maximum atomic E-state index is 10.1. The first kappa shape index (κ1) is 16.0. The summed E-state index contributed by atoms with van der Waals surface area (Å²) in [5, 5.41) is 42.6. The van der Waals surface area contributed by atoms with Gasteiger partial charge in [0.25, 0.3) is 5.89 Å². The molecule has 1 aliphatic rings. The van der Waals surface area contributed by atoms with Crippen LogP contribution in [0.15, 0.2) is 28.8 Å². The first-order valence-corrected chi connectivity index (χ1v) is 7.22. The molecule has 1 aromatic carbocycles. The van der Waals surface area contributed by atoms with Crippen LogP contribution in [-0.4, -0.2) is 61.6 Å². The maximum absolute atomic E-state index is 10.1. The molecule has 0 unspecified atom stereocenters. The smallest absolute Gasteiger partial charge is 0.258 e. The van der Waals surface area contributed by atoms with E-state index >= 15 is 0 Å². The summed E-state index contributed by atoms with van der Waals surface area (Å²) in [5.41, 5.74) is 1.79. The molecular formula is C15H18N2O6. The van der Waals surface area contributed by atoms with E-state index in [-0.39, 0.29) is 11.7 Å². The van der Waals surface area contributed by atoms with Gasteiger partial charge in [-0.2, -0.15) is 4.98 Å². The fourth-order valence-corrected chi connectivity index (χ4v) is 2.48. The van der Waals surface area contributed by atoms with Gasteiger partial charge in [0.2, 0.25) is 5.82 Å². The minimum atomic E-state index is -1.48. The van der Waals surface area contributed by atoms with E-state index in [0.29, 0.717) is 5.56 Å². The molecule has 8 heteroatoms. The highest BCUT2D eigenvalue weighted by Crippen LogP contribution is 2.31. The Hall–Kier alpha value is -1.84. The lowest BCUT2D eigenvalue weighted by atomic mass is 9.95. The normalized spacial score (nSPS) is 31.3. The number of benzene rings is 1. The molecule has 2 heterocycles. The van der Waals surface area contributed by atoms with E-state index in [0.717, 1.165) is 5.56 Å². The van der Waals surface area contributed by atoms with Crippen molar-refractivity contribution in [2.45, 2.75) is 37.4 Å². The summed E-state index contributed by atoms with van der Waals surface area (Å²) >= 11 is 0. The molecule has 0 radical (unpaired) electrons. The molecule has 0 bridgehead atoms.